The van der Waals surface area contributed by atoms with Crippen LogP contribution in [0.5, 0.6) is 11.5 Å². The molecule has 0 radical (unpaired) electrons. The maximum absolute atomic E-state index is 6.41. The Labute approximate surface area is 165 Å². The highest BCUT2D eigenvalue weighted by Gasteiger charge is 2.11. The van der Waals surface area contributed by atoms with Crippen molar-refractivity contribution in [1.29, 1.82) is 0 Å². The Hall–Kier alpha value is -1.46. The zero-order chi connectivity index (χ0) is 18.8. The van der Waals surface area contributed by atoms with E-state index in [4.69, 9.17) is 37.4 Å². The Morgan fingerprint density at radius 3 is 2.65 bits per heavy atom. The Morgan fingerprint density at radius 2 is 1.92 bits per heavy atom. The van der Waals surface area contributed by atoms with Crippen LogP contribution in [0.2, 0.25) is 10.0 Å². The minimum atomic E-state index is 0.391. The molecular formula is C20H25Cl2NO3. The second kappa shape index (κ2) is 11.3. The summed E-state index contributed by atoms with van der Waals surface area (Å²) in [5.41, 5.74) is 1.95. The molecule has 142 valence electrons. The van der Waals surface area contributed by atoms with Crippen LogP contribution in [0.25, 0.3) is 0 Å². The standard InChI is InChI=1S/C20H25Cl2NO3/c1-3-25-9-5-8-23-13-16-11-19(24-2)20(12-18(16)22)26-14-15-6-4-7-17(21)10-15/h4,6-7,10-12,23H,3,5,8-9,13-14H2,1-2H3. The monoisotopic (exact) mass is 397 g/mol. The van der Waals surface area contributed by atoms with E-state index in [2.05, 4.69) is 5.32 Å². The molecule has 0 spiro atoms. The van der Waals surface area contributed by atoms with Crippen molar-refractivity contribution in [2.75, 3.05) is 26.9 Å². The molecule has 0 heterocycles. The lowest BCUT2D eigenvalue weighted by molar-refractivity contribution is 0.144. The number of nitrogens with one attached hydrogen (secondary N) is 1. The quantitative estimate of drug-likeness (QED) is 0.535. The third kappa shape index (κ3) is 6.69. The highest BCUT2D eigenvalue weighted by molar-refractivity contribution is 6.31. The summed E-state index contributed by atoms with van der Waals surface area (Å²) in [5.74, 6) is 1.26. The van der Waals surface area contributed by atoms with Crippen molar-refractivity contribution in [3.8, 4) is 11.5 Å². The topological polar surface area (TPSA) is 39.7 Å². The molecule has 0 bridgehead atoms. The molecule has 0 saturated carbocycles. The molecule has 0 aliphatic carbocycles. The van der Waals surface area contributed by atoms with Crippen LogP contribution in [-0.2, 0) is 17.9 Å². The lowest BCUT2D eigenvalue weighted by atomic mass is 10.2. The highest BCUT2D eigenvalue weighted by atomic mass is 35.5. The summed E-state index contributed by atoms with van der Waals surface area (Å²) in [6, 6.07) is 11.3. The predicted octanol–water partition coefficient (Wildman–Crippen LogP) is 5.10. The molecule has 0 saturated heterocycles. The van der Waals surface area contributed by atoms with E-state index in [1.54, 1.807) is 13.2 Å². The van der Waals surface area contributed by atoms with Crippen molar-refractivity contribution >= 4 is 23.2 Å². The van der Waals surface area contributed by atoms with Crippen molar-refractivity contribution in [1.82, 2.24) is 5.32 Å². The van der Waals surface area contributed by atoms with Crippen molar-refractivity contribution in [3.63, 3.8) is 0 Å². The fraction of sp³-hybridized carbons (Fsp3) is 0.400. The predicted molar refractivity (Wildman–Crippen MR) is 107 cm³/mol. The van der Waals surface area contributed by atoms with Gasteiger partial charge in [-0.3, -0.25) is 0 Å². The number of hydrogen-bond donors (Lipinski definition) is 1. The van der Waals surface area contributed by atoms with Crippen LogP contribution in [0.1, 0.15) is 24.5 Å². The molecule has 1 N–H and O–H groups in total. The van der Waals surface area contributed by atoms with Gasteiger partial charge in [0.15, 0.2) is 11.5 Å². The van der Waals surface area contributed by atoms with E-state index in [9.17, 15) is 0 Å². The molecule has 2 aromatic carbocycles. The normalized spacial score (nSPS) is 10.8. The SMILES string of the molecule is CCOCCCNCc1cc(OC)c(OCc2cccc(Cl)c2)cc1Cl. The second-order valence-corrected chi connectivity index (χ2v) is 6.58. The smallest absolute Gasteiger partial charge is 0.163 e. The van der Waals surface area contributed by atoms with Crippen LogP contribution in [0, 0.1) is 0 Å². The van der Waals surface area contributed by atoms with Gasteiger partial charge in [-0.15, -0.1) is 0 Å². The van der Waals surface area contributed by atoms with Gasteiger partial charge in [0.1, 0.15) is 6.61 Å². The number of halogens is 2. The molecule has 0 amide bonds. The number of methoxy groups -OCH3 is 1. The zero-order valence-corrected chi connectivity index (χ0v) is 16.7. The van der Waals surface area contributed by atoms with E-state index < -0.39 is 0 Å². The van der Waals surface area contributed by atoms with Gasteiger partial charge in [-0.25, -0.2) is 0 Å². The van der Waals surface area contributed by atoms with Crippen LogP contribution in [-0.4, -0.2) is 26.9 Å². The maximum atomic E-state index is 6.41. The van der Waals surface area contributed by atoms with Gasteiger partial charge in [0.2, 0.25) is 0 Å². The molecule has 0 unspecified atom stereocenters. The molecule has 2 aromatic rings. The largest absolute Gasteiger partial charge is 0.493 e. The first-order chi connectivity index (χ1) is 12.6. The van der Waals surface area contributed by atoms with Crippen molar-refractivity contribution < 1.29 is 14.2 Å². The summed E-state index contributed by atoms with van der Waals surface area (Å²) in [7, 11) is 1.62. The van der Waals surface area contributed by atoms with E-state index in [-0.39, 0.29) is 0 Å². The minimum Gasteiger partial charge on any atom is -0.493 e. The van der Waals surface area contributed by atoms with Crippen LogP contribution in [0.15, 0.2) is 36.4 Å². The number of rotatable bonds is 11. The van der Waals surface area contributed by atoms with Gasteiger partial charge in [-0.05, 0) is 49.2 Å². The number of ether oxygens (including phenoxy) is 3. The molecule has 4 nitrogen and oxygen atoms in total. The average Bonchev–Trinajstić information content (AvgIpc) is 2.64. The lowest BCUT2D eigenvalue weighted by Crippen LogP contribution is -2.16. The number of benzene rings is 2. The van der Waals surface area contributed by atoms with Crippen LogP contribution < -0.4 is 14.8 Å². The molecule has 0 fully saturated rings. The fourth-order valence-electron chi connectivity index (χ4n) is 2.44. The number of hydrogen-bond acceptors (Lipinski definition) is 4. The van der Waals surface area contributed by atoms with Gasteiger partial charge >= 0.3 is 0 Å². The molecule has 26 heavy (non-hydrogen) atoms. The lowest BCUT2D eigenvalue weighted by Gasteiger charge is -2.14. The highest BCUT2D eigenvalue weighted by Crippen LogP contribution is 2.34. The minimum absolute atomic E-state index is 0.391. The molecule has 2 rings (SSSR count). The summed E-state index contributed by atoms with van der Waals surface area (Å²) in [5, 5.41) is 4.69. The van der Waals surface area contributed by atoms with E-state index in [1.807, 2.05) is 37.3 Å². The first kappa shape index (κ1) is 20.8. The Morgan fingerprint density at radius 1 is 1.08 bits per heavy atom. The van der Waals surface area contributed by atoms with Crippen molar-refractivity contribution in [2.24, 2.45) is 0 Å². The van der Waals surface area contributed by atoms with Crippen LogP contribution in [0.3, 0.4) is 0 Å². The van der Waals surface area contributed by atoms with E-state index in [1.165, 1.54) is 0 Å². The Kier molecular flexibility index (Phi) is 9.06. The summed E-state index contributed by atoms with van der Waals surface area (Å²) in [6.45, 7) is 5.43. The maximum Gasteiger partial charge on any atom is 0.163 e. The molecular weight excluding hydrogens is 373 g/mol. The third-order valence-corrected chi connectivity index (χ3v) is 4.36. The van der Waals surface area contributed by atoms with Crippen molar-refractivity contribution in [2.45, 2.75) is 26.5 Å². The van der Waals surface area contributed by atoms with Gasteiger partial charge in [-0.1, -0.05) is 35.3 Å². The van der Waals surface area contributed by atoms with E-state index >= 15 is 0 Å². The van der Waals surface area contributed by atoms with Gasteiger partial charge in [0.05, 0.1) is 7.11 Å². The first-order valence-electron chi connectivity index (χ1n) is 8.66. The van der Waals surface area contributed by atoms with Crippen LogP contribution in [0.4, 0.5) is 0 Å². The molecule has 6 heteroatoms. The van der Waals surface area contributed by atoms with Gasteiger partial charge < -0.3 is 19.5 Å². The fourth-order valence-corrected chi connectivity index (χ4v) is 2.87. The van der Waals surface area contributed by atoms with E-state index in [0.29, 0.717) is 34.7 Å². The Balaban J connectivity index is 1.95. The first-order valence-corrected chi connectivity index (χ1v) is 9.41. The third-order valence-electron chi connectivity index (χ3n) is 3.78. The summed E-state index contributed by atoms with van der Waals surface area (Å²) in [6.07, 6.45) is 0.962. The summed E-state index contributed by atoms with van der Waals surface area (Å²) in [4.78, 5) is 0. The van der Waals surface area contributed by atoms with Gasteiger partial charge in [0, 0.05) is 35.9 Å². The molecule has 0 aromatic heterocycles. The van der Waals surface area contributed by atoms with E-state index in [0.717, 1.165) is 37.3 Å². The van der Waals surface area contributed by atoms with Gasteiger partial charge in [0.25, 0.3) is 0 Å². The summed E-state index contributed by atoms with van der Waals surface area (Å²) >= 11 is 12.4. The van der Waals surface area contributed by atoms with Crippen molar-refractivity contribution in [3.05, 3.63) is 57.6 Å². The Bertz CT molecular complexity index is 695. The molecule has 0 aliphatic heterocycles. The zero-order valence-electron chi connectivity index (χ0n) is 15.2. The molecule has 0 aliphatic rings. The van der Waals surface area contributed by atoms with Gasteiger partial charge in [-0.2, -0.15) is 0 Å². The summed E-state index contributed by atoms with van der Waals surface area (Å²) < 4.78 is 16.6. The molecule has 0 atom stereocenters. The van der Waals surface area contributed by atoms with Crippen LogP contribution >= 0.6 is 23.2 Å². The second-order valence-electron chi connectivity index (χ2n) is 5.74. The average molecular weight is 398 g/mol.